The van der Waals surface area contributed by atoms with Gasteiger partial charge in [0.05, 0.1) is 0 Å². The number of hydrogen-bond acceptors (Lipinski definition) is 2. The van der Waals surface area contributed by atoms with Crippen molar-refractivity contribution in [1.29, 1.82) is 0 Å². The molecule has 1 saturated heterocycles. The van der Waals surface area contributed by atoms with Crippen LogP contribution in [-0.2, 0) is 4.79 Å². The fourth-order valence-electron chi connectivity index (χ4n) is 1.46. The van der Waals surface area contributed by atoms with Crippen LogP contribution in [0.2, 0.25) is 0 Å². The Kier molecular flexibility index (Phi) is 2.52. The Balaban J connectivity index is 2.35. The molecular formula is C7H12N2O3. The molecule has 1 atom stereocenters. The van der Waals surface area contributed by atoms with Gasteiger partial charge in [-0.3, -0.25) is 4.79 Å². The third-order valence-electron chi connectivity index (χ3n) is 2.05. The van der Waals surface area contributed by atoms with Crippen LogP contribution in [0.5, 0.6) is 0 Å². The summed E-state index contributed by atoms with van der Waals surface area (Å²) in [4.78, 5) is 22.2. The summed E-state index contributed by atoms with van der Waals surface area (Å²) in [6.07, 6.45) is 0.126. The molecule has 0 aromatic carbocycles. The van der Waals surface area contributed by atoms with Crippen LogP contribution >= 0.6 is 0 Å². The maximum atomic E-state index is 10.5. The Morgan fingerprint density at radius 1 is 1.58 bits per heavy atom. The molecular weight excluding hydrogens is 160 g/mol. The van der Waals surface area contributed by atoms with E-state index >= 15 is 0 Å². The average molecular weight is 172 g/mol. The topological polar surface area (TPSA) is 83.6 Å². The number of amides is 2. The highest BCUT2D eigenvalue weighted by Crippen LogP contribution is 2.18. The van der Waals surface area contributed by atoms with Gasteiger partial charge in [0.15, 0.2) is 0 Å². The number of primary amides is 1. The third-order valence-corrected chi connectivity index (χ3v) is 2.05. The minimum absolute atomic E-state index is 0.124. The molecule has 0 spiro atoms. The molecule has 12 heavy (non-hydrogen) atoms. The minimum atomic E-state index is -0.915. The van der Waals surface area contributed by atoms with Gasteiger partial charge in [0.25, 0.3) is 0 Å². The van der Waals surface area contributed by atoms with Gasteiger partial charge in [0.2, 0.25) is 5.91 Å². The second-order valence-corrected chi connectivity index (χ2v) is 3.05. The molecule has 0 aliphatic carbocycles. The SMILES string of the molecule is NC(=O)C[C@H]1CCN(C(=O)O)C1. The van der Waals surface area contributed by atoms with Gasteiger partial charge in [-0.2, -0.15) is 0 Å². The highest BCUT2D eigenvalue weighted by Gasteiger charge is 2.26. The standard InChI is InChI=1S/C7H12N2O3/c8-6(10)3-5-1-2-9(4-5)7(11)12/h5H,1-4H2,(H2,8,10)(H,11,12)/t5-/m1/s1. The molecule has 1 heterocycles. The number of likely N-dealkylation sites (tertiary alicyclic amines) is 1. The lowest BCUT2D eigenvalue weighted by molar-refractivity contribution is -0.118. The van der Waals surface area contributed by atoms with E-state index in [1.165, 1.54) is 4.90 Å². The van der Waals surface area contributed by atoms with Gasteiger partial charge in [0.1, 0.15) is 0 Å². The predicted octanol–water partition coefficient (Wildman–Crippen LogP) is -0.138. The lowest BCUT2D eigenvalue weighted by Crippen LogP contribution is -2.27. The van der Waals surface area contributed by atoms with Crippen molar-refractivity contribution >= 4 is 12.0 Å². The summed E-state index contributed by atoms with van der Waals surface area (Å²) in [5.41, 5.74) is 4.99. The fourth-order valence-corrected chi connectivity index (χ4v) is 1.46. The molecule has 3 N–H and O–H groups in total. The second-order valence-electron chi connectivity index (χ2n) is 3.05. The molecule has 0 bridgehead atoms. The molecule has 2 amide bonds. The molecule has 0 aromatic rings. The summed E-state index contributed by atoms with van der Waals surface area (Å²) < 4.78 is 0. The Hall–Kier alpha value is -1.26. The fraction of sp³-hybridized carbons (Fsp3) is 0.714. The van der Waals surface area contributed by atoms with Crippen LogP contribution in [0.4, 0.5) is 4.79 Å². The van der Waals surface area contributed by atoms with Crippen LogP contribution in [0.25, 0.3) is 0 Å². The largest absolute Gasteiger partial charge is 0.465 e. The normalized spacial score (nSPS) is 22.7. The van der Waals surface area contributed by atoms with Crippen molar-refractivity contribution in [2.75, 3.05) is 13.1 Å². The van der Waals surface area contributed by atoms with Crippen molar-refractivity contribution in [2.24, 2.45) is 11.7 Å². The van der Waals surface area contributed by atoms with E-state index in [1.807, 2.05) is 0 Å². The van der Waals surface area contributed by atoms with E-state index < -0.39 is 6.09 Å². The van der Waals surface area contributed by atoms with Crippen molar-refractivity contribution in [3.05, 3.63) is 0 Å². The zero-order valence-electron chi connectivity index (χ0n) is 6.69. The highest BCUT2D eigenvalue weighted by molar-refractivity contribution is 5.74. The van der Waals surface area contributed by atoms with Gasteiger partial charge in [-0.1, -0.05) is 0 Å². The van der Waals surface area contributed by atoms with E-state index in [0.29, 0.717) is 19.5 Å². The highest BCUT2D eigenvalue weighted by atomic mass is 16.4. The summed E-state index contributed by atoms with van der Waals surface area (Å²) in [6.45, 7) is 0.964. The van der Waals surface area contributed by atoms with E-state index in [0.717, 1.165) is 6.42 Å². The van der Waals surface area contributed by atoms with E-state index in [-0.39, 0.29) is 11.8 Å². The van der Waals surface area contributed by atoms with Crippen LogP contribution in [-0.4, -0.2) is 35.1 Å². The van der Waals surface area contributed by atoms with Crippen molar-refractivity contribution in [3.63, 3.8) is 0 Å². The molecule has 0 aromatic heterocycles. The van der Waals surface area contributed by atoms with Crippen molar-refractivity contribution in [2.45, 2.75) is 12.8 Å². The third kappa shape index (κ3) is 2.11. The summed E-state index contributed by atoms with van der Waals surface area (Å²) in [5.74, 6) is -0.231. The molecule has 1 aliphatic rings. The average Bonchev–Trinajstić information content (AvgIpc) is 2.34. The molecule has 5 nitrogen and oxygen atoms in total. The number of carboxylic acid groups (broad SMARTS) is 1. The van der Waals surface area contributed by atoms with Crippen LogP contribution in [0.15, 0.2) is 0 Å². The molecule has 0 radical (unpaired) electrons. The quantitative estimate of drug-likeness (QED) is 0.608. The summed E-state index contributed by atoms with van der Waals surface area (Å²) in [5, 5.41) is 8.57. The number of nitrogens with two attached hydrogens (primary N) is 1. The van der Waals surface area contributed by atoms with Crippen LogP contribution < -0.4 is 5.73 Å². The first-order valence-corrected chi connectivity index (χ1v) is 3.85. The summed E-state index contributed by atoms with van der Waals surface area (Å²) in [6, 6.07) is 0. The smallest absolute Gasteiger partial charge is 0.407 e. The first kappa shape index (κ1) is 8.83. The van der Waals surface area contributed by atoms with Gasteiger partial charge in [0, 0.05) is 19.5 Å². The van der Waals surface area contributed by atoms with Gasteiger partial charge in [-0.05, 0) is 12.3 Å². The molecule has 0 unspecified atom stereocenters. The van der Waals surface area contributed by atoms with Crippen molar-refractivity contribution in [3.8, 4) is 0 Å². The zero-order chi connectivity index (χ0) is 9.14. The van der Waals surface area contributed by atoms with Gasteiger partial charge < -0.3 is 15.7 Å². The van der Waals surface area contributed by atoms with E-state index in [4.69, 9.17) is 10.8 Å². The van der Waals surface area contributed by atoms with Crippen molar-refractivity contribution in [1.82, 2.24) is 4.90 Å². The lowest BCUT2D eigenvalue weighted by atomic mass is 10.1. The van der Waals surface area contributed by atoms with Crippen molar-refractivity contribution < 1.29 is 14.7 Å². The number of hydrogen-bond donors (Lipinski definition) is 2. The molecule has 1 aliphatic heterocycles. The first-order valence-electron chi connectivity index (χ1n) is 3.85. The number of nitrogens with zero attached hydrogens (tertiary/aromatic N) is 1. The molecule has 1 rings (SSSR count). The van der Waals surface area contributed by atoms with Crippen LogP contribution in [0.1, 0.15) is 12.8 Å². The first-order chi connectivity index (χ1) is 5.59. The lowest BCUT2D eigenvalue weighted by Gasteiger charge is -2.10. The Labute approximate surface area is 70.1 Å². The second kappa shape index (κ2) is 3.42. The van der Waals surface area contributed by atoms with Gasteiger partial charge in [-0.15, -0.1) is 0 Å². The van der Waals surface area contributed by atoms with Crippen LogP contribution in [0.3, 0.4) is 0 Å². The zero-order valence-corrected chi connectivity index (χ0v) is 6.69. The monoisotopic (exact) mass is 172 g/mol. The molecule has 68 valence electrons. The number of carbonyl (C=O) groups excluding carboxylic acids is 1. The van der Waals surface area contributed by atoms with Crippen LogP contribution in [0, 0.1) is 5.92 Å². The minimum Gasteiger partial charge on any atom is -0.465 e. The summed E-state index contributed by atoms with van der Waals surface area (Å²) in [7, 11) is 0. The Morgan fingerprint density at radius 2 is 2.25 bits per heavy atom. The maximum absolute atomic E-state index is 10.5. The van der Waals surface area contributed by atoms with E-state index in [1.54, 1.807) is 0 Å². The number of rotatable bonds is 2. The van der Waals surface area contributed by atoms with E-state index in [9.17, 15) is 9.59 Å². The maximum Gasteiger partial charge on any atom is 0.407 e. The van der Waals surface area contributed by atoms with Gasteiger partial charge in [-0.25, -0.2) is 4.79 Å². The molecule has 5 heteroatoms. The number of carbonyl (C=O) groups is 2. The molecule has 1 fully saturated rings. The Morgan fingerprint density at radius 3 is 2.67 bits per heavy atom. The predicted molar refractivity (Wildman–Crippen MR) is 41.5 cm³/mol. The van der Waals surface area contributed by atoms with Gasteiger partial charge >= 0.3 is 6.09 Å². The Bertz CT molecular complexity index is 205. The summed E-state index contributed by atoms with van der Waals surface area (Å²) >= 11 is 0. The molecule has 0 saturated carbocycles. The van der Waals surface area contributed by atoms with E-state index in [2.05, 4.69) is 0 Å².